The highest BCUT2D eigenvalue weighted by Crippen LogP contribution is 2.26. The van der Waals surface area contributed by atoms with Gasteiger partial charge < -0.3 is 5.32 Å². The Morgan fingerprint density at radius 2 is 2.04 bits per heavy atom. The monoisotopic (exact) mass is 373 g/mol. The van der Waals surface area contributed by atoms with Crippen LogP contribution in [0.2, 0.25) is 0 Å². The van der Waals surface area contributed by atoms with Crippen molar-refractivity contribution in [3.05, 3.63) is 41.6 Å². The molecule has 1 aromatic heterocycles. The van der Waals surface area contributed by atoms with Crippen LogP contribution in [0, 0.1) is 24.2 Å². The van der Waals surface area contributed by atoms with E-state index in [1.54, 1.807) is 18.2 Å². The minimum absolute atomic E-state index is 0.0115. The van der Waals surface area contributed by atoms with Gasteiger partial charge in [0.2, 0.25) is 15.9 Å². The molecule has 1 aromatic carbocycles. The van der Waals surface area contributed by atoms with Gasteiger partial charge in [-0.15, -0.1) is 0 Å². The summed E-state index contributed by atoms with van der Waals surface area (Å²) in [6.45, 7) is 2.31. The Balaban J connectivity index is 1.66. The topological polar surface area (TPSA) is 119 Å². The fourth-order valence-electron chi connectivity index (χ4n) is 2.99. The number of hydrogen-bond acceptors (Lipinski definition) is 5. The molecule has 1 fully saturated rings. The lowest BCUT2D eigenvalue weighted by atomic mass is 9.97. The minimum atomic E-state index is -3.75. The van der Waals surface area contributed by atoms with Crippen LogP contribution in [0.5, 0.6) is 0 Å². The fraction of sp³-hybridized carbons (Fsp3) is 0.353. The summed E-state index contributed by atoms with van der Waals surface area (Å²) < 4.78 is 26.9. The molecule has 2 heterocycles. The summed E-state index contributed by atoms with van der Waals surface area (Å²) in [4.78, 5) is 12.3. The van der Waals surface area contributed by atoms with Gasteiger partial charge in [0.25, 0.3) is 0 Å². The number of nitriles is 1. The maximum absolute atomic E-state index is 12.8. The highest BCUT2D eigenvalue weighted by Gasteiger charge is 2.33. The number of nitrogens with zero attached hydrogens (tertiary/aromatic N) is 3. The van der Waals surface area contributed by atoms with Gasteiger partial charge in [-0.25, -0.2) is 8.42 Å². The number of carbonyl (C=O) groups excluding carboxylic acids is 1. The first kappa shape index (κ1) is 18.1. The number of rotatable bonds is 4. The van der Waals surface area contributed by atoms with Gasteiger partial charge >= 0.3 is 0 Å². The number of H-pyrrole nitrogens is 1. The normalized spacial score (nSPS) is 16.2. The Morgan fingerprint density at radius 1 is 1.35 bits per heavy atom. The number of hydrogen-bond donors (Lipinski definition) is 2. The third-order valence-electron chi connectivity index (χ3n) is 4.41. The van der Waals surface area contributed by atoms with Crippen molar-refractivity contribution >= 4 is 21.7 Å². The molecule has 9 heteroatoms. The zero-order valence-electron chi connectivity index (χ0n) is 14.3. The molecule has 26 heavy (non-hydrogen) atoms. The number of aromatic nitrogens is 2. The van der Waals surface area contributed by atoms with E-state index in [0.717, 1.165) is 5.69 Å². The number of aryl methyl sites for hydroxylation is 1. The summed E-state index contributed by atoms with van der Waals surface area (Å²) in [5.74, 6) is 0.0288. The molecular weight excluding hydrogens is 354 g/mol. The average molecular weight is 373 g/mol. The molecule has 0 radical (unpaired) electrons. The molecule has 1 amide bonds. The third-order valence-corrected chi connectivity index (χ3v) is 6.36. The van der Waals surface area contributed by atoms with Crippen molar-refractivity contribution in [2.45, 2.75) is 24.7 Å². The van der Waals surface area contributed by atoms with Gasteiger partial charge in [-0.05, 0) is 31.9 Å². The van der Waals surface area contributed by atoms with Gasteiger partial charge in [0.05, 0.1) is 10.5 Å². The first-order chi connectivity index (χ1) is 12.4. The maximum Gasteiger partial charge on any atom is 0.244 e. The van der Waals surface area contributed by atoms with Crippen LogP contribution in [-0.2, 0) is 14.8 Å². The standard InChI is InChI=1S/C17H19N5O3S/c1-12-10-16(21-20-12)19-17(23)13-6-8-22(9-7-13)26(24,25)15-5-3-2-4-14(15)11-18/h2-5,10,13H,6-9H2,1H3,(H2,19,20,21,23). The number of sulfonamides is 1. The van der Waals surface area contributed by atoms with Crippen LogP contribution >= 0.6 is 0 Å². The predicted molar refractivity (Wildman–Crippen MR) is 94.6 cm³/mol. The fourth-order valence-corrected chi connectivity index (χ4v) is 4.60. The predicted octanol–water partition coefficient (Wildman–Crippen LogP) is 1.63. The number of aromatic amines is 1. The number of amides is 1. The summed E-state index contributed by atoms with van der Waals surface area (Å²) in [6, 6.07) is 9.80. The number of benzene rings is 1. The molecule has 0 spiro atoms. The molecular formula is C17H19N5O3S. The second-order valence-corrected chi connectivity index (χ2v) is 8.12. The van der Waals surface area contributed by atoms with Crippen LogP contribution in [0.4, 0.5) is 5.82 Å². The average Bonchev–Trinajstić information content (AvgIpc) is 3.06. The second kappa shape index (κ2) is 7.27. The highest BCUT2D eigenvalue weighted by molar-refractivity contribution is 7.89. The smallest absolute Gasteiger partial charge is 0.244 e. The van der Waals surface area contributed by atoms with E-state index < -0.39 is 10.0 Å². The molecule has 0 saturated carbocycles. The molecule has 2 aromatic rings. The Hall–Kier alpha value is -2.70. The van der Waals surface area contributed by atoms with Crippen molar-refractivity contribution in [2.75, 3.05) is 18.4 Å². The van der Waals surface area contributed by atoms with Gasteiger partial charge in [-0.2, -0.15) is 14.7 Å². The van der Waals surface area contributed by atoms with E-state index >= 15 is 0 Å². The molecule has 0 unspecified atom stereocenters. The molecule has 3 rings (SSSR count). The lowest BCUT2D eigenvalue weighted by Gasteiger charge is -2.30. The maximum atomic E-state index is 12.8. The number of piperidine rings is 1. The molecule has 1 aliphatic rings. The Bertz CT molecular complexity index is 953. The zero-order chi connectivity index (χ0) is 18.7. The van der Waals surface area contributed by atoms with Gasteiger partial charge in [0.1, 0.15) is 6.07 Å². The number of nitrogens with one attached hydrogen (secondary N) is 2. The number of anilines is 1. The molecule has 136 valence electrons. The number of carbonyl (C=O) groups is 1. The molecule has 0 atom stereocenters. The quantitative estimate of drug-likeness (QED) is 0.844. The van der Waals surface area contributed by atoms with E-state index in [-0.39, 0.29) is 35.4 Å². The van der Waals surface area contributed by atoms with Crippen LogP contribution in [0.15, 0.2) is 35.2 Å². The van der Waals surface area contributed by atoms with Gasteiger partial charge in [-0.3, -0.25) is 9.89 Å². The molecule has 8 nitrogen and oxygen atoms in total. The third kappa shape index (κ3) is 3.61. The summed E-state index contributed by atoms with van der Waals surface area (Å²) in [5, 5.41) is 18.6. The van der Waals surface area contributed by atoms with Gasteiger partial charge in [-0.1, -0.05) is 12.1 Å². The SMILES string of the molecule is Cc1cc(NC(=O)C2CCN(S(=O)(=O)c3ccccc3C#N)CC2)n[nH]1. The van der Waals surface area contributed by atoms with Crippen LogP contribution in [0.1, 0.15) is 24.1 Å². The van der Waals surface area contributed by atoms with E-state index in [1.807, 2.05) is 13.0 Å². The van der Waals surface area contributed by atoms with E-state index in [9.17, 15) is 13.2 Å². The Morgan fingerprint density at radius 3 is 2.65 bits per heavy atom. The van der Waals surface area contributed by atoms with Crippen molar-refractivity contribution in [2.24, 2.45) is 5.92 Å². The largest absolute Gasteiger partial charge is 0.309 e. The lowest BCUT2D eigenvalue weighted by Crippen LogP contribution is -2.41. The molecule has 2 N–H and O–H groups in total. The lowest BCUT2D eigenvalue weighted by molar-refractivity contribution is -0.120. The first-order valence-electron chi connectivity index (χ1n) is 8.24. The zero-order valence-corrected chi connectivity index (χ0v) is 15.1. The van der Waals surface area contributed by atoms with Crippen molar-refractivity contribution < 1.29 is 13.2 Å². The summed E-state index contributed by atoms with van der Waals surface area (Å²) in [5.41, 5.74) is 0.971. The summed E-state index contributed by atoms with van der Waals surface area (Å²) >= 11 is 0. The van der Waals surface area contributed by atoms with E-state index in [4.69, 9.17) is 5.26 Å². The van der Waals surface area contributed by atoms with Gasteiger partial charge in [0.15, 0.2) is 5.82 Å². The van der Waals surface area contributed by atoms with E-state index in [1.165, 1.54) is 16.4 Å². The Labute approximate surface area is 151 Å². The first-order valence-corrected chi connectivity index (χ1v) is 9.68. The Kier molecular flexibility index (Phi) is 5.06. The highest BCUT2D eigenvalue weighted by atomic mass is 32.2. The van der Waals surface area contributed by atoms with Crippen LogP contribution in [0.25, 0.3) is 0 Å². The van der Waals surface area contributed by atoms with Gasteiger partial charge in [0, 0.05) is 30.8 Å². The van der Waals surface area contributed by atoms with Crippen LogP contribution < -0.4 is 5.32 Å². The molecule has 1 aliphatic heterocycles. The molecule has 1 saturated heterocycles. The minimum Gasteiger partial charge on any atom is -0.309 e. The van der Waals surface area contributed by atoms with Crippen molar-refractivity contribution in [1.29, 1.82) is 5.26 Å². The summed E-state index contributed by atoms with van der Waals surface area (Å²) in [7, 11) is -3.75. The van der Waals surface area contributed by atoms with Crippen molar-refractivity contribution in [3.8, 4) is 6.07 Å². The molecule has 0 aliphatic carbocycles. The van der Waals surface area contributed by atoms with Crippen LogP contribution in [0.3, 0.4) is 0 Å². The summed E-state index contributed by atoms with van der Waals surface area (Å²) in [6.07, 6.45) is 0.840. The van der Waals surface area contributed by atoms with Crippen LogP contribution in [-0.4, -0.2) is 41.9 Å². The second-order valence-electron chi connectivity index (χ2n) is 6.21. The van der Waals surface area contributed by atoms with E-state index in [0.29, 0.717) is 18.7 Å². The van der Waals surface area contributed by atoms with Crippen molar-refractivity contribution in [3.63, 3.8) is 0 Å². The van der Waals surface area contributed by atoms with Crippen molar-refractivity contribution in [1.82, 2.24) is 14.5 Å². The van der Waals surface area contributed by atoms with E-state index in [2.05, 4.69) is 15.5 Å². The molecule has 0 bridgehead atoms.